The lowest BCUT2D eigenvalue weighted by atomic mass is 10.2. The Hall–Kier alpha value is -0.280. The number of thioether (sulfide) groups is 1. The van der Waals surface area contributed by atoms with Gasteiger partial charge in [0.2, 0.25) is 15.9 Å². The summed E-state index contributed by atoms with van der Waals surface area (Å²) in [6, 6.07) is 3.90. The van der Waals surface area contributed by atoms with Gasteiger partial charge in [0.1, 0.15) is 10.9 Å². The number of carbonyl (C=O) groups is 1. The molecule has 1 unspecified atom stereocenters. The van der Waals surface area contributed by atoms with Crippen molar-refractivity contribution in [1.82, 2.24) is 9.62 Å². The molecule has 23 heavy (non-hydrogen) atoms. The minimum atomic E-state index is -3.82. The third-order valence-corrected chi connectivity index (χ3v) is 7.32. The number of hydrogen-bond acceptors (Lipinski definition) is 4. The van der Waals surface area contributed by atoms with Crippen molar-refractivity contribution >= 4 is 55.2 Å². The van der Waals surface area contributed by atoms with E-state index in [1.165, 1.54) is 28.2 Å². The van der Waals surface area contributed by atoms with Gasteiger partial charge in [0, 0.05) is 16.8 Å². The SMILES string of the molecule is CC(C)CNC(=O)C1CSCN1S(=O)(=O)c1ccc(Br)cc1Cl. The van der Waals surface area contributed by atoms with Crippen LogP contribution in [-0.4, -0.2) is 42.8 Å². The Balaban J connectivity index is 2.25. The molecule has 1 atom stereocenters. The smallest absolute Gasteiger partial charge is 0.246 e. The minimum absolute atomic E-state index is 0.0199. The van der Waals surface area contributed by atoms with Crippen LogP contribution in [0, 0.1) is 5.92 Å². The van der Waals surface area contributed by atoms with Crippen LogP contribution < -0.4 is 5.32 Å². The number of hydrogen-bond donors (Lipinski definition) is 1. The van der Waals surface area contributed by atoms with Crippen molar-refractivity contribution in [3.8, 4) is 0 Å². The van der Waals surface area contributed by atoms with Gasteiger partial charge in [-0.25, -0.2) is 8.42 Å². The quantitative estimate of drug-likeness (QED) is 0.763. The molecule has 9 heteroatoms. The molecule has 1 aliphatic rings. The zero-order valence-corrected chi connectivity index (χ0v) is 16.7. The molecule has 0 aromatic heterocycles. The molecule has 5 nitrogen and oxygen atoms in total. The van der Waals surface area contributed by atoms with Crippen molar-refractivity contribution in [1.29, 1.82) is 0 Å². The van der Waals surface area contributed by atoms with E-state index in [0.29, 0.717) is 22.7 Å². The van der Waals surface area contributed by atoms with Gasteiger partial charge in [-0.3, -0.25) is 4.79 Å². The van der Waals surface area contributed by atoms with E-state index in [1.54, 1.807) is 6.07 Å². The van der Waals surface area contributed by atoms with E-state index in [4.69, 9.17) is 11.6 Å². The van der Waals surface area contributed by atoms with Crippen LogP contribution in [0.1, 0.15) is 13.8 Å². The molecule has 1 heterocycles. The van der Waals surface area contributed by atoms with E-state index in [9.17, 15) is 13.2 Å². The van der Waals surface area contributed by atoms with Crippen molar-refractivity contribution < 1.29 is 13.2 Å². The number of nitrogens with zero attached hydrogens (tertiary/aromatic N) is 1. The molecular weight excluding hydrogens is 424 g/mol. The van der Waals surface area contributed by atoms with E-state index >= 15 is 0 Å². The lowest BCUT2D eigenvalue weighted by Gasteiger charge is -2.23. The largest absolute Gasteiger partial charge is 0.354 e. The summed E-state index contributed by atoms with van der Waals surface area (Å²) in [7, 11) is -3.82. The van der Waals surface area contributed by atoms with E-state index in [0.717, 1.165) is 0 Å². The number of amides is 1. The number of benzene rings is 1. The highest BCUT2D eigenvalue weighted by molar-refractivity contribution is 9.10. The number of rotatable bonds is 5. The monoisotopic (exact) mass is 440 g/mol. The van der Waals surface area contributed by atoms with Crippen LogP contribution in [0.3, 0.4) is 0 Å². The van der Waals surface area contributed by atoms with E-state index < -0.39 is 16.1 Å². The Morgan fingerprint density at radius 2 is 2.22 bits per heavy atom. The number of sulfonamides is 1. The Kier molecular flexibility index (Phi) is 6.41. The molecular formula is C14H18BrClN2O3S2. The summed E-state index contributed by atoms with van der Waals surface area (Å²) in [6.07, 6.45) is 0. The molecule has 1 N–H and O–H groups in total. The van der Waals surface area contributed by atoms with Crippen LogP contribution in [0.5, 0.6) is 0 Å². The second-order valence-corrected chi connectivity index (χ2v) is 9.80. The molecule has 0 aliphatic carbocycles. The van der Waals surface area contributed by atoms with Gasteiger partial charge in [-0.1, -0.05) is 41.4 Å². The van der Waals surface area contributed by atoms with Gasteiger partial charge in [-0.05, 0) is 24.1 Å². The lowest BCUT2D eigenvalue weighted by Crippen LogP contribution is -2.47. The summed E-state index contributed by atoms with van der Waals surface area (Å²) in [5.74, 6) is 0.728. The van der Waals surface area contributed by atoms with Crippen LogP contribution in [-0.2, 0) is 14.8 Å². The summed E-state index contributed by atoms with van der Waals surface area (Å²) in [4.78, 5) is 12.3. The Morgan fingerprint density at radius 1 is 1.52 bits per heavy atom. The second-order valence-electron chi connectivity index (χ2n) is 5.62. The van der Waals surface area contributed by atoms with E-state index in [-0.39, 0.29) is 21.7 Å². The van der Waals surface area contributed by atoms with Crippen LogP contribution in [0.25, 0.3) is 0 Å². The first-order chi connectivity index (χ1) is 10.7. The number of halogens is 2. The maximum absolute atomic E-state index is 12.9. The van der Waals surface area contributed by atoms with Gasteiger partial charge < -0.3 is 5.32 Å². The summed E-state index contributed by atoms with van der Waals surface area (Å²) in [5.41, 5.74) is 0. The molecule has 1 aromatic rings. The summed E-state index contributed by atoms with van der Waals surface area (Å²) in [6.45, 7) is 4.49. The highest BCUT2D eigenvalue weighted by Crippen LogP contribution is 2.33. The van der Waals surface area contributed by atoms with Gasteiger partial charge >= 0.3 is 0 Å². The maximum Gasteiger partial charge on any atom is 0.246 e. The number of carbonyl (C=O) groups excluding carboxylic acids is 1. The highest BCUT2D eigenvalue weighted by atomic mass is 79.9. The minimum Gasteiger partial charge on any atom is -0.354 e. The number of nitrogens with one attached hydrogen (secondary N) is 1. The first kappa shape index (κ1) is 19.1. The summed E-state index contributed by atoms with van der Waals surface area (Å²) < 4.78 is 27.6. The Morgan fingerprint density at radius 3 is 2.83 bits per heavy atom. The first-order valence-electron chi connectivity index (χ1n) is 7.06. The van der Waals surface area contributed by atoms with Crippen molar-refractivity contribution in [2.75, 3.05) is 18.2 Å². The average Bonchev–Trinajstić information content (AvgIpc) is 2.94. The zero-order valence-electron chi connectivity index (χ0n) is 12.8. The normalized spacial score (nSPS) is 19.3. The highest BCUT2D eigenvalue weighted by Gasteiger charge is 2.40. The summed E-state index contributed by atoms with van der Waals surface area (Å²) in [5, 5.41) is 2.94. The fourth-order valence-electron chi connectivity index (χ4n) is 2.10. The van der Waals surface area contributed by atoms with Crippen molar-refractivity contribution in [3.05, 3.63) is 27.7 Å². The van der Waals surface area contributed by atoms with Crippen molar-refractivity contribution in [2.45, 2.75) is 24.8 Å². The molecule has 1 aliphatic heterocycles. The van der Waals surface area contributed by atoms with Gasteiger partial charge in [0.15, 0.2) is 0 Å². The van der Waals surface area contributed by atoms with Crippen molar-refractivity contribution in [2.24, 2.45) is 5.92 Å². The second kappa shape index (κ2) is 7.74. The predicted octanol–water partition coefficient (Wildman–Crippen LogP) is 2.94. The van der Waals surface area contributed by atoms with Gasteiger partial charge in [-0.15, -0.1) is 11.8 Å². The molecule has 1 saturated heterocycles. The molecule has 0 bridgehead atoms. The third-order valence-electron chi connectivity index (χ3n) is 3.31. The van der Waals surface area contributed by atoms with Crippen LogP contribution in [0.4, 0.5) is 0 Å². The lowest BCUT2D eigenvalue weighted by molar-refractivity contribution is -0.123. The molecule has 0 saturated carbocycles. The fraction of sp³-hybridized carbons (Fsp3) is 0.500. The third kappa shape index (κ3) is 4.42. The Bertz CT molecular complexity index is 697. The van der Waals surface area contributed by atoms with Crippen LogP contribution in [0.15, 0.2) is 27.6 Å². The average molecular weight is 442 g/mol. The Labute approximate surface area is 154 Å². The standard InChI is InChI=1S/C14H18BrClN2O3S2/c1-9(2)6-17-14(19)12-7-22-8-18(12)23(20,21)13-4-3-10(15)5-11(13)16/h3-5,9,12H,6-8H2,1-2H3,(H,17,19). The van der Waals surface area contributed by atoms with Crippen molar-refractivity contribution in [3.63, 3.8) is 0 Å². The first-order valence-corrected chi connectivity index (χ1v) is 10.8. The molecule has 0 spiro atoms. The molecule has 1 aromatic carbocycles. The molecule has 2 rings (SSSR count). The zero-order chi connectivity index (χ0) is 17.2. The van der Waals surface area contributed by atoms with Gasteiger partial charge in [-0.2, -0.15) is 4.31 Å². The van der Waals surface area contributed by atoms with Crippen LogP contribution in [0.2, 0.25) is 5.02 Å². The van der Waals surface area contributed by atoms with E-state index in [1.807, 2.05) is 13.8 Å². The fourth-order valence-corrected chi connectivity index (χ4v) is 6.27. The maximum atomic E-state index is 12.9. The molecule has 128 valence electrons. The molecule has 1 fully saturated rings. The summed E-state index contributed by atoms with van der Waals surface area (Å²) >= 11 is 10.8. The van der Waals surface area contributed by atoms with Gasteiger partial charge in [0.25, 0.3) is 0 Å². The van der Waals surface area contributed by atoms with Crippen LogP contribution >= 0.6 is 39.3 Å². The topological polar surface area (TPSA) is 66.5 Å². The predicted molar refractivity (Wildman–Crippen MR) is 97.1 cm³/mol. The molecule has 0 radical (unpaired) electrons. The van der Waals surface area contributed by atoms with E-state index in [2.05, 4.69) is 21.2 Å². The molecule has 1 amide bonds. The van der Waals surface area contributed by atoms with Gasteiger partial charge in [0.05, 0.1) is 10.9 Å².